The number of nitrogens with zero attached hydrogens (tertiary/aromatic N) is 2. The number of ether oxygens (including phenoxy) is 3. The Bertz CT molecular complexity index is 3770. The molecule has 11 heteroatoms. The van der Waals surface area contributed by atoms with Gasteiger partial charge in [-0.15, -0.1) is 0 Å². The molecule has 0 radical (unpaired) electrons. The number of aromatic nitrogens is 1. The molecular formula is C64H58BF2N2O6-. The van der Waals surface area contributed by atoms with Crippen LogP contribution in [0.2, 0.25) is 0 Å². The smallest absolute Gasteiger partial charge is 0.463 e. The number of fused-ring (bicyclic) bond motifs is 7. The highest BCUT2D eigenvalue weighted by Crippen LogP contribution is 2.60. The fourth-order valence-electron chi connectivity index (χ4n) is 13.5. The number of allylic oxidation sites excluding steroid dienone is 1. The second-order valence-corrected chi connectivity index (χ2v) is 20.8. The van der Waals surface area contributed by atoms with Crippen LogP contribution in [-0.2, 0) is 43.1 Å². The van der Waals surface area contributed by atoms with Crippen LogP contribution < -0.4 is 4.74 Å². The molecule has 378 valence electrons. The summed E-state index contributed by atoms with van der Waals surface area (Å²) in [4.78, 5) is 40.3. The molecule has 3 heterocycles. The van der Waals surface area contributed by atoms with Gasteiger partial charge in [0.25, 0.3) is 0 Å². The Morgan fingerprint density at radius 2 is 1.33 bits per heavy atom. The van der Waals surface area contributed by atoms with E-state index < -0.39 is 24.4 Å². The highest BCUT2D eigenvalue weighted by atomic mass is 19.2. The quantitative estimate of drug-likeness (QED) is 0.0284. The second-order valence-electron chi connectivity index (χ2n) is 20.8. The molecule has 2 aliphatic carbocycles. The van der Waals surface area contributed by atoms with E-state index in [2.05, 4.69) is 78.9 Å². The van der Waals surface area contributed by atoms with E-state index in [0.29, 0.717) is 54.9 Å². The third-order valence-corrected chi connectivity index (χ3v) is 16.4. The topological polar surface area (TPSA) is 87.1 Å². The van der Waals surface area contributed by atoms with Crippen LogP contribution in [0.15, 0.2) is 138 Å². The number of benzene rings is 7. The van der Waals surface area contributed by atoms with E-state index in [1.807, 2.05) is 38.1 Å². The van der Waals surface area contributed by atoms with Crippen molar-refractivity contribution in [2.45, 2.75) is 97.9 Å². The molecule has 1 aromatic heterocycles. The van der Waals surface area contributed by atoms with Gasteiger partial charge in [0.15, 0.2) is 0 Å². The zero-order valence-corrected chi connectivity index (χ0v) is 43.1. The van der Waals surface area contributed by atoms with Gasteiger partial charge in [-0.1, -0.05) is 97.1 Å². The monoisotopic (exact) mass is 999 g/mol. The Morgan fingerprint density at radius 1 is 0.707 bits per heavy atom. The number of esters is 3. The summed E-state index contributed by atoms with van der Waals surface area (Å²) in [5.74, 6) is -1.01. The van der Waals surface area contributed by atoms with Crippen molar-refractivity contribution in [2.75, 3.05) is 13.2 Å². The summed E-state index contributed by atoms with van der Waals surface area (Å²) in [6.45, 7) is 5.07. The van der Waals surface area contributed by atoms with Gasteiger partial charge in [-0.3, -0.25) is 4.79 Å². The molecule has 0 saturated heterocycles. The summed E-state index contributed by atoms with van der Waals surface area (Å²) in [6.07, 6.45) is 11.4. The Morgan fingerprint density at radius 3 is 2.04 bits per heavy atom. The van der Waals surface area contributed by atoms with Crippen LogP contribution in [0, 0.1) is 13.8 Å². The molecule has 0 bridgehead atoms. The first-order valence-corrected chi connectivity index (χ1v) is 26.6. The molecule has 2 aliphatic heterocycles. The van der Waals surface area contributed by atoms with Gasteiger partial charge < -0.3 is 32.1 Å². The van der Waals surface area contributed by atoms with Gasteiger partial charge in [-0.25, -0.2) is 9.59 Å². The lowest BCUT2D eigenvalue weighted by atomic mass is 9.76. The SMILES string of the molecule is CCOC(=O)/C=C/c1c2c(c3n1[B-](F)(F)N1C(=C3c3c(C)cc(-c4ccc(OC(=O)CCCc5ccc6c7cccc8cccc(c9cccc5c96)c87)cc4)cc3C)C3=C(CCC3)C1(C)/C=C/C(=O)OCC)CCC2. The van der Waals surface area contributed by atoms with Crippen LogP contribution >= 0.6 is 0 Å². The lowest BCUT2D eigenvalue weighted by molar-refractivity contribution is -0.138. The van der Waals surface area contributed by atoms with Crippen molar-refractivity contribution < 1.29 is 37.2 Å². The summed E-state index contributed by atoms with van der Waals surface area (Å²) in [5.41, 5.74) is 9.98. The Balaban J connectivity index is 0.845. The van der Waals surface area contributed by atoms with Gasteiger partial charge in [-0.2, -0.15) is 0 Å². The largest absolute Gasteiger partial charge is 0.530 e. The minimum absolute atomic E-state index is 0.163. The maximum atomic E-state index is 18.2. The van der Waals surface area contributed by atoms with Crippen LogP contribution in [0.25, 0.3) is 65.9 Å². The summed E-state index contributed by atoms with van der Waals surface area (Å²) in [5, 5.41) is 10.0. The second kappa shape index (κ2) is 18.5. The molecule has 4 aliphatic rings. The molecule has 0 amide bonds. The van der Waals surface area contributed by atoms with Gasteiger partial charge in [0.05, 0.1) is 13.2 Å². The van der Waals surface area contributed by atoms with E-state index in [4.69, 9.17) is 14.2 Å². The van der Waals surface area contributed by atoms with Crippen molar-refractivity contribution in [3.05, 3.63) is 183 Å². The molecule has 1 atom stereocenters. The number of aryl methyl sites for hydroxylation is 3. The van der Waals surface area contributed by atoms with Crippen LogP contribution in [0.5, 0.6) is 5.75 Å². The van der Waals surface area contributed by atoms with Gasteiger partial charge in [0.2, 0.25) is 0 Å². The first-order valence-electron chi connectivity index (χ1n) is 26.6. The Kier molecular flexibility index (Phi) is 11.9. The van der Waals surface area contributed by atoms with Gasteiger partial charge in [0, 0.05) is 46.8 Å². The Hall–Kier alpha value is -7.79. The minimum Gasteiger partial charge on any atom is -0.463 e. The third-order valence-electron chi connectivity index (χ3n) is 16.4. The number of halogens is 2. The van der Waals surface area contributed by atoms with E-state index in [1.165, 1.54) is 76.2 Å². The van der Waals surface area contributed by atoms with Crippen molar-refractivity contribution in [1.82, 2.24) is 9.29 Å². The number of hydrogen-bond acceptors (Lipinski definition) is 7. The average Bonchev–Trinajstić information content (AvgIpc) is 4.27. The van der Waals surface area contributed by atoms with Crippen LogP contribution in [0.4, 0.5) is 8.63 Å². The maximum absolute atomic E-state index is 18.2. The van der Waals surface area contributed by atoms with Gasteiger partial charge >= 0.3 is 24.9 Å². The molecule has 7 aromatic carbocycles. The summed E-state index contributed by atoms with van der Waals surface area (Å²) in [7, 11) is 0. The predicted octanol–water partition coefficient (Wildman–Crippen LogP) is 14.5. The number of carbonyl (C=O) groups excluding carboxylic acids is 3. The molecule has 1 unspecified atom stereocenters. The van der Waals surface area contributed by atoms with Crippen molar-refractivity contribution in [1.29, 1.82) is 0 Å². The van der Waals surface area contributed by atoms with E-state index in [1.54, 1.807) is 26.8 Å². The van der Waals surface area contributed by atoms with Crippen molar-refractivity contribution in [3.8, 4) is 16.9 Å². The zero-order valence-electron chi connectivity index (χ0n) is 43.1. The molecule has 8 nitrogen and oxygen atoms in total. The summed E-state index contributed by atoms with van der Waals surface area (Å²) in [6, 6.07) is 35.8. The van der Waals surface area contributed by atoms with E-state index in [9.17, 15) is 14.4 Å². The van der Waals surface area contributed by atoms with Crippen LogP contribution in [0.3, 0.4) is 0 Å². The highest BCUT2D eigenvalue weighted by molar-refractivity contribution is 6.64. The van der Waals surface area contributed by atoms with E-state index >= 15 is 8.63 Å². The number of hydrogen-bond donors (Lipinski definition) is 0. The molecule has 0 N–H and O–H groups in total. The van der Waals surface area contributed by atoms with Crippen molar-refractivity contribution in [2.24, 2.45) is 0 Å². The molecular weight excluding hydrogens is 942 g/mol. The van der Waals surface area contributed by atoms with Crippen molar-refractivity contribution >= 4 is 79.6 Å². The molecule has 0 spiro atoms. The normalized spacial score (nSPS) is 17.8. The van der Waals surface area contributed by atoms with Crippen LogP contribution in [0.1, 0.15) is 104 Å². The average molecular weight is 1000 g/mol. The predicted molar refractivity (Wildman–Crippen MR) is 296 cm³/mol. The van der Waals surface area contributed by atoms with Crippen molar-refractivity contribution in [3.63, 3.8) is 0 Å². The van der Waals surface area contributed by atoms with Gasteiger partial charge in [-0.05, 0) is 203 Å². The number of rotatable bonds is 13. The first-order chi connectivity index (χ1) is 36.3. The summed E-state index contributed by atoms with van der Waals surface area (Å²) >= 11 is 0. The zero-order chi connectivity index (χ0) is 51.9. The fraction of sp³-hybridized carbons (Fsp3) is 0.266. The molecule has 8 aromatic rings. The lowest BCUT2D eigenvalue weighted by Crippen LogP contribution is -2.62. The highest BCUT2D eigenvalue weighted by Gasteiger charge is 2.58. The maximum Gasteiger partial charge on any atom is 0.530 e. The molecule has 0 fully saturated rings. The summed E-state index contributed by atoms with van der Waals surface area (Å²) < 4.78 is 54.1. The number of carbonyl (C=O) groups is 3. The van der Waals surface area contributed by atoms with E-state index in [0.717, 1.165) is 74.9 Å². The molecule has 12 rings (SSSR count). The minimum atomic E-state index is -4.55. The Labute approximate surface area is 435 Å². The fourth-order valence-corrected chi connectivity index (χ4v) is 13.5. The standard InChI is InChI=1S/C64H58BF2N2O6/c1-6-73-55(70)33-32-54-46-18-12-22-51(46)62-61(63-52-23-13-24-53(52)64(5,35-34-56(71)74-7-2)69(63)65(66,67)68(54)62)58-38(3)36-43(37-39(58)4)40-26-29-44(30-27-40)75-57(72)25-10-14-41-28-31-50-48-20-9-16-42-15-8-19-47(59(42)48)49-21-11-17-45(41)60(49)50/h8-9,11,15-17,19-21,26-37H,6-7,10,12-14,18,22-25H2,1-5H3/q-1/b33-32+,35-34+. The lowest BCUT2D eigenvalue weighted by Gasteiger charge is -2.54. The molecule has 0 saturated carbocycles. The van der Waals surface area contributed by atoms with Gasteiger partial charge in [0.1, 0.15) is 5.75 Å². The first kappa shape index (κ1) is 48.2. The van der Waals surface area contributed by atoms with Crippen LogP contribution in [-0.4, -0.2) is 52.9 Å². The molecule has 75 heavy (non-hydrogen) atoms. The van der Waals surface area contributed by atoms with E-state index in [-0.39, 0.29) is 25.6 Å². The third kappa shape index (κ3) is 7.71.